The van der Waals surface area contributed by atoms with Crippen molar-refractivity contribution in [3.05, 3.63) is 22.4 Å². The highest BCUT2D eigenvalue weighted by Crippen LogP contribution is 2.23. The Hall–Kier alpha value is -0.870. The topological polar surface area (TPSA) is 55.1 Å². The lowest BCUT2D eigenvalue weighted by Gasteiger charge is -2.25. The molecule has 1 heterocycles. The normalized spacial score (nSPS) is 24.5. The van der Waals surface area contributed by atoms with E-state index in [2.05, 4.69) is 22.1 Å². The van der Waals surface area contributed by atoms with Crippen LogP contribution in [0.1, 0.15) is 31.2 Å². The van der Waals surface area contributed by atoms with E-state index in [0.717, 1.165) is 38.6 Å². The highest BCUT2D eigenvalue weighted by atomic mass is 32.1. The lowest BCUT2D eigenvalue weighted by molar-refractivity contribution is -0.125. The highest BCUT2D eigenvalue weighted by Gasteiger charge is 2.23. The van der Waals surface area contributed by atoms with Crippen LogP contribution in [-0.4, -0.2) is 18.5 Å². The third-order valence-electron chi connectivity index (χ3n) is 3.44. The molecule has 0 atom stereocenters. The molecule has 0 unspecified atom stereocenters. The van der Waals surface area contributed by atoms with Crippen molar-refractivity contribution in [3.8, 4) is 0 Å². The Morgan fingerprint density at radius 1 is 1.41 bits per heavy atom. The van der Waals surface area contributed by atoms with Gasteiger partial charge in [0.25, 0.3) is 0 Å². The Kier molecular flexibility index (Phi) is 4.57. The molecule has 0 spiro atoms. The first-order valence-corrected chi connectivity index (χ1v) is 7.24. The van der Waals surface area contributed by atoms with Crippen molar-refractivity contribution in [2.24, 2.45) is 11.7 Å². The van der Waals surface area contributed by atoms with Gasteiger partial charge in [-0.25, -0.2) is 0 Å². The molecule has 17 heavy (non-hydrogen) atoms. The molecular formula is C13H20N2OS. The number of thiophene rings is 1. The molecule has 1 aromatic heterocycles. The molecule has 1 aliphatic rings. The molecule has 2 rings (SSSR count). The van der Waals surface area contributed by atoms with E-state index < -0.39 is 0 Å². The van der Waals surface area contributed by atoms with Crippen molar-refractivity contribution >= 4 is 17.2 Å². The minimum atomic E-state index is 0.192. The average Bonchev–Trinajstić information content (AvgIpc) is 2.83. The quantitative estimate of drug-likeness (QED) is 0.860. The molecule has 0 bridgehead atoms. The number of nitrogens with one attached hydrogen (secondary N) is 1. The Bertz CT molecular complexity index is 342. The maximum absolute atomic E-state index is 11.9. The van der Waals surface area contributed by atoms with Crippen molar-refractivity contribution in [2.75, 3.05) is 6.54 Å². The number of hydrogen-bond acceptors (Lipinski definition) is 3. The van der Waals surface area contributed by atoms with Crippen molar-refractivity contribution in [3.63, 3.8) is 0 Å². The molecule has 3 nitrogen and oxygen atoms in total. The zero-order chi connectivity index (χ0) is 12.1. The van der Waals surface area contributed by atoms with Crippen LogP contribution in [0.25, 0.3) is 0 Å². The number of carbonyl (C=O) groups excluding carboxylic acids is 1. The zero-order valence-electron chi connectivity index (χ0n) is 10.0. The lowest BCUT2D eigenvalue weighted by Crippen LogP contribution is -2.36. The summed E-state index contributed by atoms with van der Waals surface area (Å²) in [7, 11) is 0. The van der Waals surface area contributed by atoms with Gasteiger partial charge in [0.05, 0.1) is 0 Å². The lowest BCUT2D eigenvalue weighted by atomic mass is 9.86. The zero-order valence-corrected chi connectivity index (χ0v) is 10.8. The van der Waals surface area contributed by atoms with Crippen LogP contribution in [-0.2, 0) is 11.2 Å². The van der Waals surface area contributed by atoms with E-state index in [9.17, 15) is 4.79 Å². The van der Waals surface area contributed by atoms with Gasteiger partial charge in [-0.1, -0.05) is 0 Å². The molecule has 4 heteroatoms. The van der Waals surface area contributed by atoms with Crippen molar-refractivity contribution in [1.82, 2.24) is 5.32 Å². The molecule has 0 radical (unpaired) electrons. The van der Waals surface area contributed by atoms with E-state index >= 15 is 0 Å². The number of hydrogen-bond donors (Lipinski definition) is 2. The second kappa shape index (κ2) is 6.17. The maximum atomic E-state index is 11.9. The van der Waals surface area contributed by atoms with Crippen molar-refractivity contribution < 1.29 is 4.79 Å². The Labute approximate surface area is 106 Å². The molecule has 1 amide bonds. The predicted octanol–water partition coefficient (Wildman–Crippen LogP) is 1.92. The van der Waals surface area contributed by atoms with Crippen LogP contribution in [0.5, 0.6) is 0 Å². The van der Waals surface area contributed by atoms with Crippen LogP contribution in [0, 0.1) is 5.92 Å². The molecule has 0 aliphatic heterocycles. The minimum absolute atomic E-state index is 0.192. The van der Waals surface area contributed by atoms with E-state index in [0.29, 0.717) is 6.04 Å². The van der Waals surface area contributed by atoms with E-state index in [1.54, 1.807) is 11.3 Å². The molecule has 1 saturated carbocycles. The van der Waals surface area contributed by atoms with Gasteiger partial charge < -0.3 is 11.1 Å². The Morgan fingerprint density at radius 3 is 2.82 bits per heavy atom. The van der Waals surface area contributed by atoms with Gasteiger partial charge in [0, 0.05) is 18.5 Å². The maximum Gasteiger partial charge on any atom is 0.223 e. The minimum Gasteiger partial charge on any atom is -0.356 e. The fourth-order valence-corrected chi connectivity index (χ4v) is 2.99. The first-order valence-electron chi connectivity index (χ1n) is 6.30. The summed E-state index contributed by atoms with van der Waals surface area (Å²) in [6.45, 7) is 0.748. The molecule has 3 N–H and O–H groups in total. The van der Waals surface area contributed by atoms with Crippen LogP contribution in [0.15, 0.2) is 16.8 Å². The summed E-state index contributed by atoms with van der Waals surface area (Å²) in [4.78, 5) is 11.9. The SMILES string of the molecule is NC1CCC(C(=O)NCCc2ccsc2)CC1. The monoisotopic (exact) mass is 252 g/mol. The number of rotatable bonds is 4. The molecule has 0 aromatic carbocycles. The van der Waals surface area contributed by atoms with Crippen molar-refractivity contribution in [1.29, 1.82) is 0 Å². The van der Waals surface area contributed by atoms with Gasteiger partial charge in [-0.2, -0.15) is 11.3 Å². The number of amides is 1. The predicted molar refractivity (Wildman–Crippen MR) is 71.0 cm³/mol. The highest BCUT2D eigenvalue weighted by molar-refractivity contribution is 7.07. The molecule has 94 valence electrons. The summed E-state index contributed by atoms with van der Waals surface area (Å²) < 4.78 is 0. The van der Waals surface area contributed by atoms with Gasteiger partial charge in [0.15, 0.2) is 0 Å². The fourth-order valence-electron chi connectivity index (χ4n) is 2.29. The van der Waals surface area contributed by atoms with E-state index in [1.165, 1.54) is 5.56 Å². The fraction of sp³-hybridized carbons (Fsp3) is 0.615. The van der Waals surface area contributed by atoms with E-state index in [1.807, 2.05) is 0 Å². The van der Waals surface area contributed by atoms with Gasteiger partial charge in [0.1, 0.15) is 0 Å². The van der Waals surface area contributed by atoms with Crippen LogP contribution in [0.4, 0.5) is 0 Å². The van der Waals surface area contributed by atoms with E-state index in [4.69, 9.17) is 5.73 Å². The molecule has 1 fully saturated rings. The summed E-state index contributed by atoms with van der Waals surface area (Å²) in [6, 6.07) is 2.42. The summed E-state index contributed by atoms with van der Waals surface area (Å²) in [5.41, 5.74) is 7.14. The van der Waals surface area contributed by atoms with Crippen LogP contribution < -0.4 is 11.1 Å². The van der Waals surface area contributed by atoms with Gasteiger partial charge >= 0.3 is 0 Å². The first kappa shape index (κ1) is 12.6. The van der Waals surface area contributed by atoms with Gasteiger partial charge in [0.2, 0.25) is 5.91 Å². The Balaban J connectivity index is 1.67. The van der Waals surface area contributed by atoms with Crippen LogP contribution in [0.3, 0.4) is 0 Å². The van der Waals surface area contributed by atoms with Crippen LogP contribution in [0.2, 0.25) is 0 Å². The van der Waals surface area contributed by atoms with Crippen molar-refractivity contribution in [2.45, 2.75) is 38.1 Å². The standard InChI is InChI=1S/C13H20N2OS/c14-12-3-1-11(2-4-12)13(16)15-7-5-10-6-8-17-9-10/h6,8-9,11-12H,1-5,7,14H2,(H,15,16). The average molecular weight is 252 g/mol. The number of nitrogens with two attached hydrogens (primary N) is 1. The van der Waals surface area contributed by atoms with Crippen LogP contribution >= 0.6 is 11.3 Å². The van der Waals surface area contributed by atoms with E-state index in [-0.39, 0.29) is 11.8 Å². The first-order chi connectivity index (χ1) is 8.25. The third kappa shape index (κ3) is 3.82. The number of carbonyl (C=O) groups is 1. The molecule has 1 aliphatic carbocycles. The smallest absolute Gasteiger partial charge is 0.223 e. The molecule has 1 aromatic rings. The molecular weight excluding hydrogens is 232 g/mol. The molecule has 0 saturated heterocycles. The summed E-state index contributed by atoms with van der Waals surface area (Å²) in [6.07, 6.45) is 4.81. The summed E-state index contributed by atoms with van der Waals surface area (Å²) >= 11 is 1.70. The summed E-state index contributed by atoms with van der Waals surface area (Å²) in [5, 5.41) is 7.23. The van der Waals surface area contributed by atoms with Gasteiger partial charge in [-0.05, 0) is 54.5 Å². The largest absolute Gasteiger partial charge is 0.356 e. The second-order valence-electron chi connectivity index (χ2n) is 4.78. The second-order valence-corrected chi connectivity index (χ2v) is 5.56. The van der Waals surface area contributed by atoms with Gasteiger partial charge in [-0.3, -0.25) is 4.79 Å². The van der Waals surface area contributed by atoms with Gasteiger partial charge in [-0.15, -0.1) is 0 Å². The summed E-state index contributed by atoms with van der Waals surface area (Å²) in [5.74, 6) is 0.407. The Morgan fingerprint density at radius 2 is 2.18 bits per heavy atom. The third-order valence-corrected chi connectivity index (χ3v) is 4.17.